The number of amides is 1. The quantitative estimate of drug-likeness (QED) is 0.349. The Morgan fingerprint density at radius 2 is 2.03 bits per heavy atom. The number of carbonyl (C=O) groups excluding carboxylic acids is 1. The second-order valence-corrected chi connectivity index (χ2v) is 9.17. The number of ether oxygens (including phenoxy) is 1. The third kappa shape index (κ3) is 5.79. The number of rotatable bonds is 9. The molecule has 0 fully saturated rings. The van der Waals surface area contributed by atoms with E-state index in [2.05, 4.69) is 10.3 Å². The standard InChI is InChI=1S/C22H19ClN2O3S2/c23-20-7-6-19(30-20)22-25-17(14-29-22)10-21(26)24-11-15-3-1-4-16(9-15)12-27-13-18-5-2-8-28-18/h1-9,14H,10-13H2,(H,24,26). The van der Waals surface area contributed by atoms with Crippen molar-refractivity contribution in [2.45, 2.75) is 26.2 Å². The number of nitrogens with one attached hydrogen (secondary N) is 1. The van der Waals surface area contributed by atoms with E-state index < -0.39 is 0 Å². The SMILES string of the molecule is O=C(Cc1csc(-c2ccc(Cl)s2)n1)NCc1cccc(COCc2ccco2)c1. The summed E-state index contributed by atoms with van der Waals surface area (Å²) in [5.41, 5.74) is 2.83. The van der Waals surface area contributed by atoms with Gasteiger partial charge in [-0.25, -0.2) is 4.98 Å². The molecule has 3 aromatic heterocycles. The summed E-state index contributed by atoms with van der Waals surface area (Å²) in [5.74, 6) is 0.737. The van der Waals surface area contributed by atoms with Gasteiger partial charge in [-0.2, -0.15) is 0 Å². The summed E-state index contributed by atoms with van der Waals surface area (Å²) in [6.07, 6.45) is 1.88. The molecule has 4 rings (SSSR count). The van der Waals surface area contributed by atoms with Crippen molar-refractivity contribution in [2.24, 2.45) is 0 Å². The van der Waals surface area contributed by atoms with Gasteiger partial charge in [-0.15, -0.1) is 22.7 Å². The Hall–Kier alpha value is -2.45. The molecule has 4 aromatic rings. The topological polar surface area (TPSA) is 64.4 Å². The molecule has 30 heavy (non-hydrogen) atoms. The number of aromatic nitrogens is 1. The van der Waals surface area contributed by atoms with Gasteiger partial charge >= 0.3 is 0 Å². The van der Waals surface area contributed by atoms with Crippen LogP contribution in [0.1, 0.15) is 22.6 Å². The van der Waals surface area contributed by atoms with E-state index in [1.807, 2.05) is 53.9 Å². The van der Waals surface area contributed by atoms with Gasteiger partial charge in [0.1, 0.15) is 17.4 Å². The first kappa shape index (κ1) is 20.8. The van der Waals surface area contributed by atoms with Gasteiger partial charge in [-0.05, 0) is 35.4 Å². The third-order valence-corrected chi connectivity index (χ3v) is 6.54. The van der Waals surface area contributed by atoms with Crippen LogP contribution in [0.2, 0.25) is 4.34 Å². The van der Waals surface area contributed by atoms with Crippen molar-refractivity contribution in [3.05, 3.63) is 87.1 Å². The van der Waals surface area contributed by atoms with E-state index in [0.717, 1.165) is 36.8 Å². The molecule has 0 saturated carbocycles. The Morgan fingerprint density at radius 3 is 2.83 bits per heavy atom. The molecule has 1 aromatic carbocycles. The first-order valence-electron chi connectivity index (χ1n) is 9.30. The van der Waals surface area contributed by atoms with Gasteiger partial charge in [-0.3, -0.25) is 4.79 Å². The predicted octanol–water partition coefficient (Wildman–Crippen LogP) is 5.69. The molecule has 1 amide bonds. The molecule has 0 aliphatic rings. The van der Waals surface area contributed by atoms with Gasteiger partial charge in [0.05, 0.1) is 34.2 Å². The lowest BCUT2D eigenvalue weighted by molar-refractivity contribution is -0.120. The third-order valence-electron chi connectivity index (χ3n) is 4.25. The molecular formula is C22H19ClN2O3S2. The summed E-state index contributed by atoms with van der Waals surface area (Å²) in [4.78, 5) is 17.9. The Bertz CT molecular complexity index is 1110. The Kier molecular flexibility index (Phi) is 6.96. The number of benzene rings is 1. The van der Waals surface area contributed by atoms with Crippen molar-refractivity contribution in [3.8, 4) is 9.88 Å². The van der Waals surface area contributed by atoms with E-state index in [0.29, 0.717) is 19.8 Å². The van der Waals surface area contributed by atoms with Gasteiger partial charge in [0.15, 0.2) is 0 Å². The van der Waals surface area contributed by atoms with E-state index >= 15 is 0 Å². The highest BCUT2D eigenvalue weighted by molar-refractivity contribution is 7.23. The summed E-state index contributed by atoms with van der Waals surface area (Å²) in [6, 6.07) is 15.5. The largest absolute Gasteiger partial charge is 0.467 e. The normalized spacial score (nSPS) is 11.0. The fourth-order valence-electron chi connectivity index (χ4n) is 2.85. The van der Waals surface area contributed by atoms with Crippen molar-refractivity contribution < 1.29 is 13.9 Å². The lowest BCUT2D eigenvalue weighted by Gasteiger charge is -2.07. The van der Waals surface area contributed by atoms with Crippen LogP contribution >= 0.6 is 34.3 Å². The monoisotopic (exact) mass is 458 g/mol. The summed E-state index contributed by atoms with van der Waals surface area (Å²) >= 11 is 8.99. The molecule has 0 unspecified atom stereocenters. The fourth-order valence-corrected chi connectivity index (χ4v) is 4.79. The van der Waals surface area contributed by atoms with E-state index in [4.69, 9.17) is 20.8 Å². The van der Waals surface area contributed by atoms with Crippen LogP contribution in [0, 0.1) is 0 Å². The first-order valence-corrected chi connectivity index (χ1v) is 11.4. The second kappa shape index (κ2) is 10.0. The van der Waals surface area contributed by atoms with Crippen LogP contribution in [0.25, 0.3) is 9.88 Å². The molecule has 1 N–H and O–H groups in total. The van der Waals surface area contributed by atoms with E-state index in [-0.39, 0.29) is 12.3 Å². The van der Waals surface area contributed by atoms with Crippen LogP contribution in [0.3, 0.4) is 0 Å². The zero-order chi connectivity index (χ0) is 20.8. The van der Waals surface area contributed by atoms with Gasteiger partial charge in [0.25, 0.3) is 0 Å². The van der Waals surface area contributed by atoms with Crippen LogP contribution in [0.15, 0.2) is 64.6 Å². The molecule has 3 heterocycles. The second-order valence-electron chi connectivity index (χ2n) is 6.59. The average molecular weight is 459 g/mol. The van der Waals surface area contributed by atoms with Crippen molar-refractivity contribution in [1.29, 1.82) is 0 Å². The number of carbonyl (C=O) groups is 1. The smallest absolute Gasteiger partial charge is 0.226 e. The van der Waals surface area contributed by atoms with Gasteiger partial charge in [0, 0.05) is 11.9 Å². The zero-order valence-corrected chi connectivity index (χ0v) is 18.4. The maximum absolute atomic E-state index is 12.3. The minimum Gasteiger partial charge on any atom is -0.467 e. The Morgan fingerprint density at radius 1 is 1.13 bits per heavy atom. The maximum atomic E-state index is 12.3. The number of thiophene rings is 1. The highest BCUT2D eigenvalue weighted by Crippen LogP contribution is 2.32. The Labute approximate surface area is 187 Å². The molecule has 0 saturated heterocycles. The minimum absolute atomic E-state index is 0.0597. The number of nitrogens with zero attached hydrogens (tertiary/aromatic N) is 1. The van der Waals surface area contributed by atoms with Crippen molar-refractivity contribution in [1.82, 2.24) is 10.3 Å². The first-order chi connectivity index (χ1) is 14.7. The number of furan rings is 1. The number of hydrogen-bond donors (Lipinski definition) is 1. The molecule has 0 atom stereocenters. The average Bonchev–Trinajstić information content (AvgIpc) is 3.49. The minimum atomic E-state index is -0.0597. The summed E-state index contributed by atoms with van der Waals surface area (Å²) in [7, 11) is 0. The van der Waals surface area contributed by atoms with E-state index in [1.165, 1.54) is 22.7 Å². The Balaban J connectivity index is 1.25. The number of thiazole rings is 1. The number of hydrogen-bond acceptors (Lipinski definition) is 6. The van der Waals surface area contributed by atoms with Crippen LogP contribution in [0.4, 0.5) is 0 Å². The molecular weight excluding hydrogens is 440 g/mol. The van der Waals surface area contributed by atoms with Crippen molar-refractivity contribution >= 4 is 40.2 Å². The van der Waals surface area contributed by atoms with E-state index in [9.17, 15) is 4.79 Å². The van der Waals surface area contributed by atoms with Crippen LogP contribution in [0.5, 0.6) is 0 Å². The van der Waals surface area contributed by atoms with Crippen LogP contribution in [-0.4, -0.2) is 10.9 Å². The highest BCUT2D eigenvalue weighted by Gasteiger charge is 2.11. The van der Waals surface area contributed by atoms with Crippen molar-refractivity contribution in [2.75, 3.05) is 0 Å². The van der Waals surface area contributed by atoms with Gasteiger partial charge < -0.3 is 14.5 Å². The lowest BCUT2D eigenvalue weighted by atomic mass is 10.1. The lowest BCUT2D eigenvalue weighted by Crippen LogP contribution is -2.24. The number of halogens is 1. The summed E-state index contributed by atoms with van der Waals surface area (Å²) < 4.78 is 11.7. The predicted molar refractivity (Wildman–Crippen MR) is 120 cm³/mol. The van der Waals surface area contributed by atoms with E-state index in [1.54, 1.807) is 6.26 Å². The van der Waals surface area contributed by atoms with Gasteiger partial charge in [0.2, 0.25) is 5.91 Å². The summed E-state index contributed by atoms with van der Waals surface area (Å²) in [5, 5.41) is 5.76. The van der Waals surface area contributed by atoms with Crippen LogP contribution < -0.4 is 5.32 Å². The molecule has 0 aliphatic heterocycles. The molecule has 0 aliphatic carbocycles. The van der Waals surface area contributed by atoms with Crippen molar-refractivity contribution in [3.63, 3.8) is 0 Å². The highest BCUT2D eigenvalue weighted by atomic mass is 35.5. The fraction of sp³-hybridized carbons (Fsp3) is 0.182. The zero-order valence-electron chi connectivity index (χ0n) is 16.0. The molecule has 8 heteroatoms. The molecule has 0 radical (unpaired) electrons. The molecule has 0 bridgehead atoms. The maximum Gasteiger partial charge on any atom is 0.226 e. The molecule has 154 valence electrons. The molecule has 5 nitrogen and oxygen atoms in total. The van der Waals surface area contributed by atoms with Gasteiger partial charge in [-0.1, -0.05) is 35.9 Å². The summed E-state index contributed by atoms with van der Waals surface area (Å²) in [6.45, 7) is 1.38. The molecule has 0 spiro atoms. The van der Waals surface area contributed by atoms with Crippen LogP contribution in [-0.2, 0) is 35.7 Å².